The van der Waals surface area contributed by atoms with E-state index in [0.29, 0.717) is 18.7 Å². The molecule has 1 aromatic carbocycles. The number of aliphatic hydroxyl groups excluding tert-OH is 1. The number of ether oxygens (including phenoxy) is 2. The van der Waals surface area contributed by atoms with Gasteiger partial charge in [0.2, 0.25) is 0 Å². The van der Waals surface area contributed by atoms with E-state index in [9.17, 15) is 9.90 Å². The number of aliphatic hydroxyl groups is 1. The van der Waals surface area contributed by atoms with Crippen LogP contribution in [0.5, 0.6) is 5.75 Å². The van der Waals surface area contributed by atoms with Gasteiger partial charge in [-0.2, -0.15) is 0 Å². The average molecular weight is 348 g/mol. The standard InChI is InChI=1S/C17H20N2O4S/c1-22-13-4-2-11(3-5-13)6-14-17(15(20)8-18-14)23-16(21)7-12-9-24-10-19-12/h2-5,9-10,14-15,17-18,20H,6-8H2,1H3/t14-,15+,17+/m1/s1. The van der Waals surface area contributed by atoms with Crippen molar-refractivity contribution in [2.75, 3.05) is 13.7 Å². The summed E-state index contributed by atoms with van der Waals surface area (Å²) >= 11 is 1.44. The molecule has 0 amide bonds. The van der Waals surface area contributed by atoms with E-state index in [1.165, 1.54) is 11.3 Å². The van der Waals surface area contributed by atoms with E-state index in [4.69, 9.17) is 9.47 Å². The Balaban J connectivity index is 1.60. The van der Waals surface area contributed by atoms with Crippen molar-refractivity contribution in [1.29, 1.82) is 0 Å². The smallest absolute Gasteiger partial charge is 0.312 e. The van der Waals surface area contributed by atoms with Gasteiger partial charge in [-0.3, -0.25) is 4.79 Å². The maximum Gasteiger partial charge on any atom is 0.312 e. The van der Waals surface area contributed by atoms with Crippen LogP contribution in [-0.2, 0) is 22.4 Å². The number of nitrogens with zero attached hydrogens (tertiary/aromatic N) is 1. The minimum atomic E-state index is -0.701. The van der Waals surface area contributed by atoms with Crippen molar-refractivity contribution in [3.63, 3.8) is 0 Å². The summed E-state index contributed by atoms with van der Waals surface area (Å²) in [6.07, 6.45) is -0.469. The Morgan fingerprint density at radius 3 is 2.88 bits per heavy atom. The maximum atomic E-state index is 12.1. The number of rotatable bonds is 6. The number of hydrogen-bond acceptors (Lipinski definition) is 7. The second-order valence-electron chi connectivity index (χ2n) is 5.75. The Kier molecular flexibility index (Phi) is 5.44. The number of aromatic nitrogens is 1. The molecule has 0 spiro atoms. The first kappa shape index (κ1) is 16.9. The highest BCUT2D eigenvalue weighted by Gasteiger charge is 2.37. The number of esters is 1. The van der Waals surface area contributed by atoms with Crippen molar-refractivity contribution in [3.8, 4) is 5.75 Å². The van der Waals surface area contributed by atoms with E-state index in [-0.39, 0.29) is 18.4 Å². The maximum absolute atomic E-state index is 12.1. The molecule has 1 aliphatic rings. The van der Waals surface area contributed by atoms with Crippen LogP contribution in [0.3, 0.4) is 0 Å². The van der Waals surface area contributed by atoms with Gasteiger partial charge in [0.05, 0.1) is 30.8 Å². The largest absolute Gasteiger partial charge is 0.497 e. The van der Waals surface area contributed by atoms with Crippen LogP contribution in [0, 0.1) is 0 Å². The minimum Gasteiger partial charge on any atom is -0.497 e. The van der Waals surface area contributed by atoms with Crippen molar-refractivity contribution in [2.24, 2.45) is 0 Å². The number of nitrogens with one attached hydrogen (secondary N) is 1. The van der Waals surface area contributed by atoms with Crippen LogP contribution in [0.2, 0.25) is 0 Å². The van der Waals surface area contributed by atoms with Crippen molar-refractivity contribution < 1.29 is 19.4 Å². The van der Waals surface area contributed by atoms with Crippen LogP contribution in [-0.4, -0.2) is 48.0 Å². The lowest BCUT2D eigenvalue weighted by Gasteiger charge is -2.22. The van der Waals surface area contributed by atoms with E-state index in [1.54, 1.807) is 12.6 Å². The predicted molar refractivity (Wildman–Crippen MR) is 90.2 cm³/mol. The number of thiazole rings is 1. The molecule has 3 rings (SSSR count). The third-order valence-electron chi connectivity index (χ3n) is 4.06. The summed E-state index contributed by atoms with van der Waals surface area (Å²) in [7, 11) is 1.63. The van der Waals surface area contributed by atoms with Gasteiger partial charge in [0.1, 0.15) is 18.0 Å². The monoisotopic (exact) mass is 348 g/mol. The summed E-state index contributed by atoms with van der Waals surface area (Å²) in [5.74, 6) is 0.429. The third-order valence-corrected chi connectivity index (χ3v) is 4.69. The van der Waals surface area contributed by atoms with Gasteiger partial charge in [0.15, 0.2) is 0 Å². The highest BCUT2D eigenvalue weighted by atomic mass is 32.1. The van der Waals surface area contributed by atoms with E-state index < -0.39 is 12.2 Å². The Hall–Kier alpha value is -1.96. The van der Waals surface area contributed by atoms with Gasteiger partial charge in [-0.05, 0) is 24.1 Å². The van der Waals surface area contributed by atoms with E-state index in [0.717, 1.165) is 11.3 Å². The second-order valence-corrected chi connectivity index (χ2v) is 6.46. The number of hydrogen-bond donors (Lipinski definition) is 2. The molecule has 24 heavy (non-hydrogen) atoms. The average Bonchev–Trinajstić information content (AvgIpc) is 3.20. The van der Waals surface area contributed by atoms with E-state index in [1.807, 2.05) is 29.6 Å². The molecule has 6 nitrogen and oxygen atoms in total. The van der Waals surface area contributed by atoms with Crippen LogP contribution >= 0.6 is 11.3 Å². The van der Waals surface area contributed by atoms with Crippen molar-refractivity contribution in [2.45, 2.75) is 31.1 Å². The highest BCUT2D eigenvalue weighted by Crippen LogP contribution is 2.19. The normalized spacial score (nSPS) is 23.2. The Labute approximate surface area is 144 Å². The minimum absolute atomic E-state index is 0.118. The molecule has 0 aliphatic carbocycles. The van der Waals surface area contributed by atoms with E-state index >= 15 is 0 Å². The molecule has 0 saturated carbocycles. The number of β-amino-alcohol motifs (C(OH)–C–C–N with tert-alkyl or cyclic N) is 1. The SMILES string of the molecule is COc1ccc(C[C@H]2NC[C@H](O)[C@H]2OC(=O)Cc2cscn2)cc1. The van der Waals surface area contributed by atoms with Crippen molar-refractivity contribution in [3.05, 3.63) is 46.4 Å². The summed E-state index contributed by atoms with van der Waals surface area (Å²) in [5, 5.41) is 15.2. The molecule has 0 unspecified atom stereocenters. The molecule has 1 aromatic heterocycles. The van der Waals surface area contributed by atoms with Crippen LogP contribution in [0.25, 0.3) is 0 Å². The number of methoxy groups -OCH3 is 1. The van der Waals surface area contributed by atoms with Gasteiger partial charge in [0.25, 0.3) is 0 Å². The lowest BCUT2D eigenvalue weighted by molar-refractivity contribution is -0.153. The Bertz CT molecular complexity index is 660. The van der Waals surface area contributed by atoms with Gasteiger partial charge in [-0.1, -0.05) is 12.1 Å². The molecule has 128 valence electrons. The quantitative estimate of drug-likeness (QED) is 0.763. The fourth-order valence-electron chi connectivity index (χ4n) is 2.80. The molecule has 2 aromatic rings. The molecule has 1 saturated heterocycles. The molecule has 1 fully saturated rings. The fraction of sp³-hybridized carbons (Fsp3) is 0.412. The molecular weight excluding hydrogens is 328 g/mol. The zero-order valence-electron chi connectivity index (χ0n) is 13.3. The van der Waals surface area contributed by atoms with Gasteiger partial charge in [0, 0.05) is 11.9 Å². The first-order valence-electron chi connectivity index (χ1n) is 7.76. The molecule has 2 N–H and O–H groups in total. The van der Waals surface area contributed by atoms with Crippen LogP contribution in [0.4, 0.5) is 0 Å². The fourth-order valence-corrected chi connectivity index (χ4v) is 3.36. The molecule has 1 aliphatic heterocycles. The zero-order chi connectivity index (χ0) is 16.9. The van der Waals surface area contributed by atoms with Crippen molar-refractivity contribution >= 4 is 17.3 Å². The summed E-state index contributed by atoms with van der Waals surface area (Å²) < 4.78 is 10.7. The topological polar surface area (TPSA) is 80.7 Å². The predicted octanol–water partition coefficient (Wildman–Crippen LogP) is 1.18. The molecule has 2 heterocycles. The summed E-state index contributed by atoms with van der Waals surface area (Å²) in [6.45, 7) is 0.412. The van der Waals surface area contributed by atoms with Crippen LogP contribution < -0.4 is 10.1 Å². The third kappa shape index (κ3) is 4.11. The molecule has 7 heteroatoms. The van der Waals surface area contributed by atoms with Crippen LogP contribution in [0.1, 0.15) is 11.3 Å². The Morgan fingerprint density at radius 1 is 1.42 bits per heavy atom. The molecule has 0 radical (unpaired) electrons. The van der Waals surface area contributed by atoms with Gasteiger partial charge in [-0.15, -0.1) is 11.3 Å². The van der Waals surface area contributed by atoms with Crippen molar-refractivity contribution in [1.82, 2.24) is 10.3 Å². The number of benzene rings is 1. The number of carbonyl (C=O) groups is 1. The second kappa shape index (κ2) is 7.74. The van der Waals surface area contributed by atoms with Gasteiger partial charge in [-0.25, -0.2) is 4.98 Å². The Morgan fingerprint density at radius 2 is 2.21 bits per heavy atom. The highest BCUT2D eigenvalue weighted by molar-refractivity contribution is 7.07. The van der Waals surface area contributed by atoms with E-state index in [2.05, 4.69) is 10.3 Å². The zero-order valence-corrected chi connectivity index (χ0v) is 14.2. The lowest BCUT2D eigenvalue weighted by Crippen LogP contribution is -2.39. The molecule has 3 atom stereocenters. The summed E-state index contributed by atoms with van der Waals surface area (Å²) in [4.78, 5) is 16.2. The first-order chi connectivity index (χ1) is 11.7. The number of carbonyl (C=O) groups excluding carboxylic acids is 1. The molecule has 0 bridgehead atoms. The molecular formula is C17H20N2O4S. The first-order valence-corrected chi connectivity index (χ1v) is 8.71. The van der Waals surface area contributed by atoms with Crippen LogP contribution in [0.15, 0.2) is 35.2 Å². The summed E-state index contributed by atoms with van der Waals surface area (Å²) in [6, 6.07) is 7.61. The van der Waals surface area contributed by atoms with Gasteiger partial charge >= 0.3 is 5.97 Å². The lowest BCUT2D eigenvalue weighted by atomic mass is 10.0. The van der Waals surface area contributed by atoms with Gasteiger partial charge < -0.3 is 19.9 Å². The summed E-state index contributed by atoms with van der Waals surface area (Å²) in [5.41, 5.74) is 3.46.